The van der Waals surface area contributed by atoms with E-state index in [0.29, 0.717) is 10.0 Å². The normalized spacial score (nSPS) is 22.9. The Hall–Kier alpha value is -2.89. The van der Waals surface area contributed by atoms with Gasteiger partial charge in [-0.15, -0.1) is 0 Å². The van der Waals surface area contributed by atoms with Crippen molar-refractivity contribution in [3.8, 4) is 0 Å². The highest BCUT2D eigenvalue weighted by Crippen LogP contribution is 2.46. The number of halogens is 2. The molecule has 2 aliphatic heterocycles. The average Bonchev–Trinajstić information content (AvgIpc) is 3.21. The molecule has 36 heavy (non-hydrogen) atoms. The molecule has 0 N–H and O–H groups in total. The first kappa shape index (κ1) is 24.8. The van der Waals surface area contributed by atoms with Crippen LogP contribution in [0.2, 0.25) is 10.0 Å². The van der Waals surface area contributed by atoms with Crippen molar-refractivity contribution in [2.45, 2.75) is 50.6 Å². The highest BCUT2D eigenvalue weighted by Gasteiger charge is 2.43. The van der Waals surface area contributed by atoms with Gasteiger partial charge in [-0.25, -0.2) is 0 Å². The van der Waals surface area contributed by atoms with E-state index in [0.717, 1.165) is 22.5 Å². The molecule has 0 saturated carbocycles. The summed E-state index contributed by atoms with van der Waals surface area (Å²) in [5.74, 6) is 0. The maximum atomic E-state index is 13.5. The van der Waals surface area contributed by atoms with Crippen LogP contribution in [-0.4, -0.2) is 26.2 Å². The highest BCUT2D eigenvalue weighted by molar-refractivity contribution is 6.31. The molecule has 0 aliphatic carbocycles. The molecule has 0 fully saturated rings. The topological polar surface area (TPSA) is 57.7 Å². The van der Waals surface area contributed by atoms with Crippen molar-refractivity contribution in [3.05, 3.63) is 98.7 Å². The summed E-state index contributed by atoms with van der Waals surface area (Å²) in [6, 6.07) is 10.8. The van der Waals surface area contributed by atoms with Gasteiger partial charge < -0.3 is 9.80 Å². The first-order chi connectivity index (χ1) is 16.8. The van der Waals surface area contributed by atoms with Gasteiger partial charge in [-0.05, 0) is 59.7 Å². The van der Waals surface area contributed by atoms with Gasteiger partial charge in [0.05, 0.1) is 22.5 Å². The fourth-order valence-corrected chi connectivity index (χ4v) is 6.45. The number of nitrogens with zero attached hydrogens (tertiary/aromatic N) is 2. The van der Waals surface area contributed by atoms with Crippen LogP contribution in [0.15, 0.2) is 50.8 Å². The molecule has 2 heterocycles. The lowest BCUT2D eigenvalue weighted by atomic mass is 9.80. The van der Waals surface area contributed by atoms with Crippen molar-refractivity contribution in [2.24, 2.45) is 0 Å². The van der Waals surface area contributed by atoms with Gasteiger partial charge in [0.2, 0.25) is 16.3 Å². The smallest absolute Gasteiger partial charge is 0.237 e. The van der Waals surface area contributed by atoms with Gasteiger partial charge in [-0.2, -0.15) is 0 Å². The van der Waals surface area contributed by atoms with E-state index in [1.807, 2.05) is 88.0 Å². The number of hydrogen-bond donors (Lipinski definition) is 0. The molecule has 2 unspecified atom stereocenters. The Morgan fingerprint density at radius 2 is 1.03 bits per heavy atom. The second-order valence-corrected chi connectivity index (χ2v) is 11.9. The van der Waals surface area contributed by atoms with Gasteiger partial charge >= 0.3 is 0 Å². The second-order valence-electron chi connectivity index (χ2n) is 11.0. The van der Waals surface area contributed by atoms with Gasteiger partial charge in [-0.1, -0.05) is 50.9 Å². The molecule has 0 radical (unpaired) electrons. The first-order valence-electron chi connectivity index (χ1n) is 11.9. The van der Waals surface area contributed by atoms with Crippen LogP contribution in [0, 0.1) is 0 Å². The lowest BCUT2D eigenvalue weighted by molar-refractivity contribution is 0.504. The predicted octanol–water partition coefficient (Wildman–Crippen LogP) is 3.10. The Morgan fingerprint density at radius 3 is 1.39 bits per heavy atom. The summed E-state index contributed by atoms with van der Waals surface area (Å²) in [5, 5.41) is 1.13. The Bertz CT molecular complexity index is 1560. The van der Waals surface area contributed by atoms with Gasteiger partial charge in [0.15, 0.2) is 0 Å². The van der Waals surface area contributed by atoms with Crippen LogP contribution in [0.5, 0.6) is 0 Å². The Labute approximate surface area is 219 Å². The molecule has 0 amide bonds. The summed E-state index contributed by atoms with van der Waals surface area (Å²) in [6.07, 6.45) is 3.32. The zero-order valence-corrected chi connectivity index (χ0v) is 22.7. The zero-order chi connectivity index (χ0) is 26.3. The maximum absolute atomic E-state index is 13.5. The SMILES string of the molecule is CN1c2ccc(Cl)cc2C(C)(C)C1/C=c1\c(=O)c(=O)/c(=C\C2N(C)c3ccc(Cl)cc3C2(C)C)c1=O. The number of benzene rings is 2. The van der Waals surface area contributed by atoms with E-state index in [4.69, 9.17) is 23.2 Å². The van der Waals surface area contributed by atoms with Crippen molar-refractivity contribution in [1.29, 1.82) is 0 Å². The van der Waals surface area contributed by atoms with Crippen LogP contribution in [0.1, 0.15) is 38.8 Å². The molecule has 0 aromatic heterocycles. The minimum absolute atomic E-state index is 0.0610. The standard InChI is InChI=1S/C29H28Cl2N2O3/c1-28(2)19-11-15(30)7-9-21(19)32(5)23(28)13-17-25(34)18(27(36)26(17)35)14-24-29(3,4)20-12-16(31)8-10-22(20)33(24)6/h7-14,23-24H,1-6H3/b17-13-,18-14-. The Balaban J connectivity index is 1.66. The first-order valence-corrected chi connectivity index (χ1v) is 12.7. The molecule has 3 aromatic rings. The third kappa shape index (κ3) is 3.40. The minimum atomic E-state index is -0.747. The highest BCUT2D eigenvalue weighted by atomic mass is 35.5. The summed E-state index contributed by atoms with van der Waals surface area (Å²) in [5.41, 5.74) is 1.18. The molecule has 186 valence electrons. The Kier molecular flexibility index (Phi) is 5.55. The monoisotopic (exact) mass is 522 g/mol. The lowest BCUT2D eigenvalue weighted by Gasteiger charge is -2.29. The van der Waals surface area contributed by atoms with Crippen molar-refractivity contribution < 1.29 is 0 Å². The molecular formula is C29H28Cl2N2O3. The van der Waals surface area contributed by atoms with E-state index >= 15 is 0 Å². The van der Waals surface area contributed by atoms with E-state index in [1.165, 1.54) is 0 Å². The van der Waals surface area contributed by atoms with Gasteiger partial charge in [-0.3, -0.25) is 14.4 Å². The molecule has 0 saturated heterocycles. The molecular weight excluding hydrogens is 495 g/mol. The van der Waals surface area contributed by atoms with E-state index in [1.54, 1.807) is 12.2 Å². The minimum Gasteiger partial charge on any atom is -0.367 e. The van der Waals surface area contributed by atoms with E-state index < -0.39 is 27.1 Å². The van der Waals surface area contributed by atoms with Gasteiger partial charge in [0.25, 0.3) is 0 Å². The van der Waals surface area contributed by atoms with Crippen molar-refractivity contribution in [1.82, 2.24) is 0 Å². The molecule has 3 aromatic carbocycles. The quantitative estimate of drug-likeness (QED) is 0.484. The molecule has 5 nitrogen and oxygen atoms in total. The van der Waals surface area contributed by atoms with Crippen molar-refractivity contribution >= 4 is 46.7 Å². The van der Waals surface area contributed by atoms with E-state index in [2.05, 4.69) is 0 Å². The maximum Gasteiger partial charge on any atom is 0.237 e. The van der Waals surface area contributed by atoms with Crippen molar-refractivity contribution in [2.75, 3.05) is 23.9 Å². The summed E-state index contributed by atoms with van der Waals surface area (Å²) in [7, 11) is 3.84. The molecule has 7 heteroatoms. The van der Waals surface area contributed by atoms with Gasteiger partial charge in [0, 0.05) is 46.3 Å². The largest absolute Gasteiger partial charge is 0.367 e. The fraction of sp³-hybridized carbons (Fsp3) is 0.345. The van der Waals surface area contributed by atoms with Crippen LogP contribution >= 0.6 is 23.2 Å². The zero-order valence-electron chi connectivity index (χ0n) is 21.1. The van der Waals surface area contributed by atoms with Gasteiger partial charge in [0.1, 0.15) is 0 Å². The van der Waals surface area contributed by atoms with Crippen LogP contribution < -0.4 is 36.5 Å². The lowest BCUT2D eigenvalue weighted by Crippen LogP contribution is -2.45. The Morgan fingerprint density at radius 1 is 0.667 bits per heavy atom. The molecule has 0 bridgehead atoms. The van der Waals surface area contributed by atoms with E-state index in [-0.39, 0.29) is 22.5 Å². The van der Waals surface area contributed by atoms with Crippen LogP contribution in [-0.2, 0) is 10.8 Å². The van der Waals surface area contributed by atoms with Crippen LogP contribution in [0.3, 0.4) is 0 Å². The summed E-state index contributed by atoms with van der Waals surface area (Å²) >= 11 is 12.5. The summed E-state index contributed by atoms with van der Waals surface area (Å²) in [6.45, 7) is 8.20. The summed E-state index contributed by atoms with van der Waals surface area (Å²) < 4.78 is 0. The second kappa shape index (κ2) is 8.06. The number of hydrogen-bond acceptors (Lipinski definition) is 5. The molecule has 5 rings (SSSR count). The molecule has 2 atom stereocenters. The summed E-state index contributed by atoms with van der Waals surface area (Å²) in [4.78, 5) is 43.8. The van der Waals surface area contributed by atoms with Crippen molar-refractivity contribution in [3.63, 3.8) is 0 Å². The number of likely N-dealkylation sites (N-methyl/N-ethyl adjacent to an activating group) is 2. The van der Waals surface area contributed by atoms with Crippen LogP contribution in [0.25, 0.3) is 12.2 Å². The predicted molar refractivity (Wildman–Crippen MR) is 149 cm³/mol. The molecule has 0 spiro atoms. The average molecular weight is 523 g/mol. The number of rotatable bonds is 2. The van der Waals surface area contributed by atoms with Crippen LogP contribution in [0.4, 0.5) is 11.4 Å². The number of fused-ring (bicyclic) bond motifs is 2. The number of anilines is 2. The fourth-order valence-electron chi connectivity index (χ4n) is 6.11. The molecule has 2 aliphatic rings. The third-order valence-electron chi connectivity index (χ3n) is 8.21. The third-order valence-corrected chi connectivity index (χ3v) is 8.68. The van der Waals surface area contributed by atoms with E-state index in [9.17, 15) is 14.4 Å².